The second-order valence-corrected chi connectivity index (χ2v) is 7.80. The van der Waals surface area contributed by atoms with Gasteiger partial charge in [0.2, 0.25) is 0 Å². The molecule has 3 rings (SSSR count). The van der Waals surface area contributed by atoms with Crippen molar-refractivity contribution in [3.63, 3.8) is 0 Å². The molecule has 1 unspecified atom stereocenters. The van der Waals surface area contributed by atoms with E-state index >= 15 is 0 Å². The summed E-state index contributed by atoms with van der Waals surface area (Å²) in [5.41, 5.74) is 1.41. The van der Waals surface area contributed by atoms with Gasteiger partial charge in [-0.15, -0.1) is 35.3 Å². The van der Waals surface area contributed by atoms with Crippen LogP contribution in [-0.4, -0.2) is 50.0 Å². The van der Waals surface area contributed by atoms with E-state index < -0.39 is 0 Å². The average molecular weight is 512 g/mol. The van der Waals surface area contributed by atoms with Gasteiger partial charge < -0.3 is 15.5 Å². The Morgan fingerprint density at radius 1 is 1.18 bits per heavy atom. The fraction of sp³-hybridized carbons (Fsp3) is 0.429. The van der Waals surface area contributed by atoms with Gasteiger partial charge in [0.15, 0.2) is 5.96 Å². The third-order valence-corrected chi connectivity index (χ3v) is 5.70. The molecule has 1 aromatic heterocycles. The smallest absolute Gasteiger partial charge is 0.261 e. The number of carbonyl (C=O) groups excluding carboxylic acids is 1. The molecule has 0 spiro atoms. The lowest BCUT2D eigenvalue weighted by Crippen LogP contribution is -2.41. The highest BCUT2D eigenvalue weighted by Crippen LogP contribution is 2.20. The molecule has 28 heavy (non-hydrogen) atoms. The summed E-state index contributed by atoms with van der Waals surface area (Å²) in [6.45, 7) is 3.56. The quantitative estimate of drug-likeness (QED) is 0.258. The van der Waals surface area contributed by atoms with Gasteiger partial charge in [0.1, 0.15) is 0 Å². The standard InChI is InChI=1S/C21H28N4OS.HI/c1-22-21(24-12-6-11-23-20(26)19-9-5-14-27-19)25-13-10-18(16-25)15-17-7-3-2-4-8-17;/h2-5,7-9,14,18H,6,10-13,15-16H2,1H3,(H,22,24)(H,23,26);1H. The first-order valence-electron chi connectivity index (χ1n) is 9.57. The fourth-order valence-corrected chi connectivity index (χ4v) is 4.10. The van der Waals surface area contributed by atoms with Crippen LogP contribution in [0.3, 0.4) is 0 Å². The summed E-state index contributed by atoms with van der Waals surface area (Å²) in [5, 5.41) is 8.31. The summed E-state index contributed by atoms with van der Waals surface area (Å²) < 4.78 is 0. The topological polar surface area (TPSA) is 56.7 Å². The largest absolute Gasteiger partial charge is 0.356 e. The van der Waals surface area contributed by atoms with E-state index in [2.05, 4.69) is 50.9 Å². The van der Waals surface area contributed by atoms with Crippen molar-refractivity contribution in [2.45, 2.75) is 19.3 Å². The van der Waals surface area contributed by atoms with Crippen molar-refractivity contribution < 1.29 is 4.79 Å². The number of likely N-dealkylation sites (tertiary alicyclic amines) is 1. The monoisotopic (exact) mass is 512 g/mol. The highest BCUT2D eigenvalue weighted by atomic mass is 127. The van der Waals surface area contributed by atoms with Crippen LogP contribution in [0.15, 0.2) is 52.8 Å². The van der Waals surface area contributed by atoms with Crippen molar-refractivity contribution in [1.82, 2.24) is 15.5 Å². The highest BCUT2D eigenvalue weighted by molar-refractivity contribution is 14.0. The van der Waals surface area contributed by atoms with E-state index in [9.17, 15) is 4.79 Å². The van der Waals surface area contributed by atoms with Crippen LogP contribution in [0.4, 0.5) is 0 Å². The van der Waals surface area contributed by atoms with Crippen molar-refractivity contribution in [2.75, 3.05) is 33.2 Å². The third kappa shape index (κ3) is 6.77. The van der Waals surface area contributed by atoms with Crippen LogP contribution in [0.25, 0.3) is 0 Å². The van der Waals surface area contributed by atoms with E-state index in [4.69, 9.17) is 0 Å². The minimum Gasteiger partial charge on any atom is -0.356 e. The molecule has 152 valence electrons. The van der Waals surface area contributed by atoms with Gasteiger partial charge in [0, 0.05) is 33.2 Å². The van der Waals surface area contributed by atoms with Crippen LogP contribution >= 0.6 is 35.3 Å². The molecule has 1 aliphatic heterocycles. The van der Waals surface area contributed by atoms with Crippen LogP contribution in [0.2, 0.25) is 0 Å². The first-order chi connectivity index (χ1) is 13.3. The highest BCUT2D eigenvalue weighted by Gasteiger charge is 2.24. The van der Waals surface area contributed by atoms with Gasteiger partial charge in [-0.3, -0.25) is 9.79 Å². The summed E-state index contributed by atoms with van der Waals surface area (Å²) in [7, 11) is 1.84. The van der Waals surface area contributed by atoms with Crippen LogP contribution in [0, 0.1) is 5.92 Å². The van der Waals surface area contributed by atoms with Gasteiger partial charge in [-0.05, 0) is 42.2 Å². The molecular weight excluding hydrogens is 483 g/mol. The number of benzene rings is 1. The second kappa shape index (κ2) is 12.1. The van der Waals surface area contributed by atoms with Crippen molar-refractivity contribution in [2.24, 2.45) is 10.9 Å². The van der Waals surface area contributed by atoms with Gasteiger partial charge in [0.05, 0.1) is 4.88 Å². The Kier molecular flexibility index (Phi) is 9.77. The van der Waals surface area contributed by atoms with Gasteiger partial charge in [-0.25, -0.2) is 0 Å². The predicted octanol–water partition coefficient (Wildman–Crippen LogP) is 3.63. The Balaban J connectivity index is 0.00000280. The lowest BCUT2D eigenvalue weighted by atomic mass is 9.99. The maximum atomic E-state index is 11.9. The van der Waals surface area contributed by atoms with Gasteiger partial charge in [-0.1, -0.05) is 36.4 Å². The van der Waals surface area contributed by atoms with Crippen molar-refractivity contribution in [1.29, 1.82) is 0 Å². The van der Waals surface area contributed by atoms with E-state index in [0.29, 0.717) is 12.5 Å². The molecule has 0 radical (unpaired) electrons. The molecule has 1 saturated heterocycles. The zero-order chi connectivity index (χ0) is 18.9. The van der Waals surface area contributed by atoms with Crippen molar-refractivity contribution in [3.8, 4) is 0 Å². The minimum atomic E-state index is 0. The molecule has 2 heterocycles. The number of hydrogen-bond donors (Lipinski definition) is 2. The summed E-state index contributed by atoms with van der Waals surface area (Å²) in [6.07, 6.45) is 3.20. The molecule has 1 atom stereocenters. The molecule has 1 aliphatic rings. The molecule has 1 amide bonds. The lowest BCUT2D eigenvalue weighted by molar-refractivity contribution is 0.0957. The fourth-order valence-electron chi connectivity index (χ4n) is 3.46. The van der Waals surface area contributed by atoms with E-state index in [1.165, 1.54) is 23.3 Å². The number of guanidine groups is 1. The molecule has 5 nitrogen and oxygen atoms in total. The molecule has 1 aromatic carbocycles. The van der Waals surface area contributed by atoms with Crippen LogP contribution in [-0.2, 0) is 6.42 Å². The average Bonchev–Trinajstić information content (AvgIpc) is 3.38. The van der Waals surface area contributed by atoms with Crippen molar-refractivity contribution >= 4 is 47.2 Å². The molecule has 2 aromatic rings. The zero-order valence-electron chi connectivity index (χ0n) is 16.3. The number of rotatable bonds is 7. The number of halogens is 1. The van der Waals surface area contributed by atoms with Crippen LogP contribution < -0.4 is 10.6 Å². The van der Waals surface area contributed by atoms with Gasteiger partial charge in [-0.2, -0.15) is 0 Å². The molecule has 0 bridgehead atoms. The zero-order valence-corrected chi connectivity index (χ0v) is 19.4. The van der Waals surface area contributed by atoms with E-state index in [0.717, 1.165) is 43.3 Å². The predicted molar refractivity (Wildman–Crippen MR) is 128 cm³/mol. The normalized spacial score (nSPS) is 16.5. The molecular formula is C21H29IN4OS. The number of hydrogen-bond acceptors (Lipinski definition) is 3. The number of amides is 1. The summed E-state index contributed by atoms with van der Waals surface area (Å²) in [6, 6.07) is 14.4. The van der Waals surface area contributed by atoms with E-state index in [1.54, 1.807) is 0 Å². The van der Waals surface area contributed by atoms with E-state index in [1.807, 2.05) is 24.6 Å². The number of thiophene rings is 1. The van der Waals surface area contributed by atoms with Gasteiger partial charge in [0.25, 0.3) is 5.91 Å². The third-order valence-electron chi connectivity index (χ3n) is 4.83. The summed E-state index contributed by atoms with van der Waals surface area (Å²) in [4.78, 5) is 19.4. The molecule has 0 saturated carbocycles. The summed E-state index contributed by atoms with van der Waals surface area (Å²) in [5.74, 6) is 1.66. The second-order valence-electron chi connectivity index (χ2n) is 6.85. The molecule has 1 fully saturated rings. The number of nitrogens with one attached hydrogen (secondary N) is 2. The SMILES string of the molecule is CN=C(NCCCNC(=O)c1cccs1)N1CCC(Cc2ccccc2)C1.I. The Hall–Kier alpha value is -1.61. The Morgan fingerprint density at radius 3 is 2.68 bits per heavy atom. The lowest BCUT2D eigenvalue weighted by Gasteiger charge is -2.21. The van der Waals surface area contributed by atoms with Crippen LogP contribution in [0.1, 0.15) is 28.1 Å². The maximum absolute atomic E-state index is 11.9. The Morgan fingerprint density at radius 2 is 1.96 bits per heavy atom. The maximum Gasteiger partial charge on any atom is 0.261 e. The minimum absolute atomic E-state index is 0. The van der Waals surface area contributed by atoms with E-state index in [-0.39, 0.29) is 29.9 Å². The number of nitrogens with zero attached hydrogens (tertiary/aromatic N) is 2. The molecule has 7 heteroatoms. The number of carbonyl (C=O) groups is 1. The molecule has 0 aliphatic carbocycles. The number of aliphatic imine (C=N–C) groups is 1. The van der Waals surface area contributed by atoms with Crippen molar-refractivity contribution in [3.05, 3.63) is 58.3 Å². The first kappa shape index (κ1) is 22.7. The van der Waals surface area contributed by atoms with Crippen LogP contribution in [0.5, 0.6) is 0 Å². The Labute approximate surface area is 188 Å². The van der Waals surface area contributed by atoms with Gasteiger partial charge >= 0.3 is 0 Å². The summed E-state index contributed by atoms with van der Waals surface area (Å²) >= 11 is 1.47. The Bertz CT molecular complexity index is 736. The molecule has 2 N–H and O–H groups in total. The first-order valence-corrected chi connectivity index (χ1v) is 10.5.